The lowest BCUT2D eigenvalue weighted by Gasteiger charge is -2.16. The summed E-state index contributed by atoms with van der Waals surface area (Å²) >= 11 is 0. The first kappa shape index (κ1) is 11.4. The van der Waals surface area contributed by atoms with Crippen molar-refractivity contribution in [2.75, 3.05) is 11.6 Å². The standard InChI is InChI=1S/C14H10N2O3/c17-13-11-5-1-2-6-12(11)16(14(13)18)9-19-10-4-3-7-15-8-10/h1-8H,9H2. The van der Waals surface area contributed by atoms with E-state index in [0.717, 1.165) is 0 Å². The van der Waals surface area contributed by atoms with Crippen molar-refractivity contribution in [1.82, 2.24) is 4.98 Å². The fourth-order valence-corrected chi connectivity index (χ4v) is 1.95. The zero-order chi connectivity index (χ0) is 13.2. The smallest absolute Gasteiger partial charge is 0.302 e. The SMILES string of the molecule is O=C1C(=O)N(COc2cccnc2)c2ccccc21. The number of carbonyl (C=O) groups is 2. The summed E-state index contributed by atoms with van der Waals surface area (Å²) in [6.45, 7) is -0.00667. The molecule has 2 aromatic rings. The maximum absolute atomic E-state index is 11.9. The molecular weight excluding hydrogens is 244 g/mol. The molecule has 1 aliphatic heterocycles. The number of ketones is 1. The Morgan fingerprint density at radius 3 is 2.74 bits per heavy atom. The number of hydrogen-bond donors (Lipinski definition) is 0. The summed E-state index contributed by atoms with van der Waals surface area (Å²) in [5.74, 6) is -0.511. The molecule has 0 aliphatic carbocycles. The van der Waals surface area contributed by atoms with Crippen LogP contribution in [0.5, 0.6) is 5.75 Å². The van der Waals surface area contributed by atoms with E-state index in [0.29, 0.717) is 17.0 Å². The molecule has 5 heteroatoms. The van der Waals surface area contributed by atoms with E-state index in [1.807, 2.05) is 0 Å². The third kappa shape index (κ3) is 1.95. The molecule has 0 radical (unpaired) electrons. The first-order chi connectivity index (χ1) is 9.27. The molecule has 0 atom stereocenters. The van der Waals surface area contributed by atoms with E-state index in [2.05, 4.69) is 4.98 Å². The second-order valence-electron chi connectivity index (χ2n) is 4.04. The molecule has 0 bridgehead atoms. The Morgan fingerprint density at radius 2 is 1.95 bits per heavy atom. The number of carbonyl (C=O) groups excluding carboxylic acids is 2. The van der Waals surface area contributed by atoms with Gasteiger partial charge in [0.25, 0.3) is 5.78 Å². The highest BCUT2D eigenvalue weighted by molar-refractivity contribution is 6.52. The van der Waals surface area contributed by atoms with E-state index in [1.54, 1.807) is 48.8 Å². The normalized spacial score (nSPS) is 13.6. The number of rotatable bonds is 3. The van der Waals surface area contributed by atoms with Crippen LogP contribution in [-0.2, 0) is 4.79 Å². The van der Waals surface area contributed by atoms with E-state index in [9.17, 15) is 9.59 Å². The quantitative estimate of drug-likeness (QED) is 0.781. The summed E-state index contributed by atoms with van der Waals surface area (Å²) in [7, 11) is 0. The summed E-state index contributed by atoms with van der Waals surface area (Å²) < 4.78 is 5.46. The van der Waals surface area contributed by atoms with Crippen LogP contribution >= 0.6 is 0 Å². The van der Waals surface area contributed by atoms with Crippen molar-refractivity contribution in [2.24, 2.45) is 0 Å². The van der Waals surface area contributed by atoms with Crippen molar-refractivity contribution in [3.63, 3.8) is 0 Å². The van der Waals surface area contributed by atoms with Gasteiger partial charge in [0.15, 0.2) is 6.73 Å². The first-order valence-electron chi connectivity index (χ1n) is 5.75. The molecular formula is C14H10N2O3. The second kappa shape index (κ2) is 4.53. The van der Waals surface area contributed by atoms with Gasteiger partial charge in [-0.2, -0.15) is 0 Å². The Bertz CT molecular complexity index is 640. The lowest BCUT2D eigenvalue weighted by Crippen LogP contribution is -2.33. The van der Waals surface area contributed by atoms with Gasteiger partial charge < -0.3 is 4.74 Å². The van der Waals surface area contributed by atoms with E-state index >= 15 is 0 Å². The summed E-state index contributed by atoms with van der Waals surface area (Å²) in [5.41, 5.74) is 1.00. The number of aromatic nitrogens is 1. The molecule has 1 aliphatic rings. The molecule has 0 N–H and O–H groups in total. The molecule has 0 saturated heterocycles. The van der Waals surface area contributed by atoms with Crippen LogP contribution in [-0.4, -0.2) is 23.4 Å². The van der Waals surface area contributed by atoms with Gasteiger partial charge in [0.1, 0.15) is 5.75 Å². The Hall–Kier alpha value is -2.69. The largest absolute Gasteiger partial charge is 0.471 e. The Morgan fingerprint density at radius 1 is 1.11 bits per heavy atom. The highest BCUT2D eigenvalue weighted by Gasteiger charge is 2.35. The molecule has 1 amide bonds. The van der Waals surface area contributed by atoms with Crippen molar-refractivity contribution in [3.8, 4) is 5.75 Å². The van der Waals surface area contributed by atoms with Gasteiger partial charge in [-0.25, -0.2) is 0 Å². The lowest BCUT2D eigenvalue weighted by atomic mass is 10.1. The third-order valence-corrected chi connectivity index (χ3v) is 2.87. The molecule has 0 spiro atoms. The molecule has 94 valence electrons. The molecule has 2 heterocycles. The van der Waals surface area contributed by atoms with Crippen LogP contribution in [0.2, 0.25) is 0 Å². The van der Waals surface area contributed by atoms with Crippen molar-refractivity contribution in [2.45, 2.75) is 0 Å². The van der Waals surface area contributed by atoms with Crippen LogP contribution in [0.25, 0.3) is 0 Å². The highest BCUT2D eigenvalue weighted by Crippen LogP contribution is 2.28. The van der Waals surface area contributed by atoms with Crippen molar-refractivity contribution >= 4 is 17.4 Å². The fraction of sp³-hybridized carbons (Fsp3) is 0.0714. The number of amides is 1. The van der Waals surface area contributed by atoms with Crippen LogP contribution < -0.4 is 9.64 Å². The molecule has 3 rings (SSSR count). The fourth-order valence-electron chi connectivity index (χ4n) is 1.95. The van der Waals surface area contributed by atoms with Gasteiger partial charge in [0, 0.05) is 6.20 Å². The van der Waals surface area contributed by atoms with Gasteiger partial charge in [0.2, 0.25) is 0 Å². The van der Waals surface area contributed by atoms with E-state index in [4.69, 9.17) is 4.74 Å². The Labute approximate surface area is 109 Å². The number of ether oxygens (including phenoxy) is 1. The topological polar surface area (TPSA) is 59.5 Å². The number of fused-ring (bicyclic) bond motifs is 1. The number of pyridine rings is 1. The Balaban J connectivity index is 1.82. The summed E-state index contributed by atoms with van der Waals surface area (Å²) in [6, 6.07) is 10.4. The molecule has 0 saturated carbocycles. The van der Waals surface area contributed by atoms with E-state index < -0.39 is 11.7 Å². The average Bonchev–Trinajstić information content (AvgIpc) is 2.71. The molecule has 1 aromatic heterocycles. The molecule has 1 aromatic carbocycles. The van der Waals surface area contributed by atoms with Crippen LogP contribution in [0.3, 0.4) is 0 Å². The average molecular weight is 254 g/mol. The van der Waals surface area contributed by atoms with Gasteiger partial charge in [-0.05, 0) is 24.3 Å². The number of Topliss-reactive ketones (excluding diaryl/α,β-unsaturated/α-hetero) is 1. The second-order valence-corrected chi connectivity index (χ2v) is 4.04. The minimum Gasteiger partial charge on any atom is -0.471 e. The third-order valence-electron chi connectivity index (χ3n) is 2.87. The molecule has 0 unspecified atom stereocenters. The van der Waals surface area contributed by atoms with Gasteiger partial charge in [-0.1, -0.05) is 12.1 Å². The van der Waals surface area contributed by atoms with Crippen LogP contribution in [0.4, 0.5) is 5.69 Å². The Kier molecular flexibility index (Phi) is 2.72. The lowest BCUT2D eigenvalue weighted by molar-refractivity contribution is -0.114. The monoisotopic (exact) mass is 254 g/mol. The zero-order valence-corrected chi connectivity index (χ0v) is 9.95. The number of anilines is 1. The van der Waals surface area contributed by atoms with E-state index in [1.165, 1.54) is 4.90 Å². The summed E-state index contributed by atoms with van der Waals surface area (Å²) in [4.78, 5) is 28.9. The molecule has 0 fully saturated rings. The van der Waals surface area contributed by atoms with Gasteiger partial charge in [0.05, 0.1) is 17.4 Å². The van der Waals surface area contributed by atoms with Crippen molar-refractivity contribution < 1.29 is 14.3 Å². The van der Waals surface area contributed by atoms with Crippen molar-refractivity contribution in [1.29, 1.82) is 0 Å². The minimum absolute atomic E-state index is 0.00667. The molecule has 19 heavy (non-hydrogen) atoms. The predicted octanol–water partition coefficient (Wildman–Crippen LogP) is 1.65. The van der Waals surface area contributed by atoms with Crippen LogP contribution in [0.1, 0.15) is 10.4 Å². The first-order valence-corrected chi connectivity index (χ1v) is 5.75. The summed E-state index contributed by atoms with van der Waals surface area (Å²) in [5, 5.41) is 0. The van der Waals surface area contributed by atoms with Crippen LogP contribution in [0.15, 0.2) is 48.8 Å². The van der Waals surface area contributed by atoms with Gasteiger partial charge in [-0.3, -0.25) is 19.5 Å². The summed E-state index contributed by atoms with van der Waals surface area (Å²) in [6.07, 6.45) is 3.18. The van der Waals surface area contributed by atoms with E-state index in [-0.39, 0.29) is 6.73 Å². The van der Waals surface area contributed by atoms with Gasteiger partial charge >= 0.3 is 5.91 Å². The minimum atomic E-state index is -0.565. The number of hydrogen-bond acceptors (Lipinski definition) is 4. The van der Waals surface area contributed by atoms with Crippen molar-refractivity contribution in [3.05, 3.63) is 54.4 Å². The highest BCUT2D eigenvalue weighted by atomic mass is 16.5. The molecule has 5 nitrogen and oxygen atoms in total. The zero-order valence-electron chi connectivity index (χ0n) is 9.95. The number of para-hydroxylation sites is 1. The van der Waals surface area contributed by atoms with Gasteiger partial charge in [-0.15, -0.1) is 0 Å². The maximum atomic E-state index is 11.9. The number of benzene rings is 1. The number of nitrogens with zero attached hydrogens (tertiary/aromatic N) is 2. The van der Waals surface area contributed by atoms with Crippen LogP contribution in [0, 0.1) is 0 Å². The predicted molar refractivity (Wildman–Crippen MR) is 68.0 cm³/mol. The maximum Gasteiger partial charge on any atom is 0.302 e.